The second-order valence-electron chi connectivity index (χ2n) is 9.67. The quantitative estimate of drug-likeness (QED) is 0.575. The monoisotopic (exact) mass is 515 g/mol. The van der Waals surface area contributed by atoms with Crippen molar-refractivity contribution in [2.24, 2.45) is 4.99 Å². The third kappa shape index (κ3) is 4.56. The number of piperidine rings is 1. The standard InChI is InChI=1S/C26H28F3N5O3/c1-15-18(5-4-6-20(15)26(27,28)29)16(2)31-23-19-13-22(25(36)7-9-33(10-8-25)17(3)35)30-14-21(19)34-11-12-37-24(34)32-23/h4-6,13-14,16,36H,7-12H2,1-3H3/b31-23-. The Morgan fingerprint density at radius 2 is 1.97 bits per heavy atom. The number of fused-ring (bicyclic) bond motifs is 3. The van der Waals surface area contributed by atoms with Gasteiger partial charge in [-0.25, -0.2) is 0 Å². The summed E-state index contributed by atoms with van der Waals surface area (Å²) in [6, 6.07) is 5.58. The minimum atomic E-state index is -4.46. The van der Waals surface area contributed by atoms with Crippen molar-refractivity contribution in [2.75, 3.05) is 19.7 Å². The van der Waals surface area contributed by atoms with Crippen molar-refractivity contribution in [2.45, 2.75) is 58.0 Å². The first-order chi connectivity index (χ1) is 17.5. The van der Waals surface area contributed by atoms with Gasteiger partial charge >= 0.3 is 6.18 Å². The lowest BCUT2D eigenvalue weighted by Gasteiger charge is -2.37. The van der Waals surface area contributed by atoms with Gasteiger partial charge in [-0.1, -0.05) is 12.1 Å². The number of benzene rings is 1. The fourth-order valence-electron chi connectivity index (χ4n) is 5.18. The summed E-state index contributed by atoms with van der Waals surface area (Å²) in [4.78, 5) is 27.3. The first-order valence-electron chi connectivity index (χ1n) is 12.2. The summed E-state index contributed by atoms with van der Waals surface area (Å²) in [5, 5.41) is 12.0. The lowest BCUT2D eigenvalue weighted by molar-refractivity contribution is -0.138. The Kier molecular flexibility index (Phi) is 6.21. The molecule has 2 aliphatic heterocycles. The largest absolute Gasteiger partial charge is 0.463 e. The lowest BCUT2D eigenvalue weighted by atomic mass is 9.87. The number of carbonyl (C=O) groups is 1. The number of aliphatic hydroxyl groups is 1. The maximum atomic E-state index is 13.5. The van der Waals surface area contributed by atoms with E-state index in [0.29, 0.717) is 72.7 Å². The number of alkyl halides is 3. The highest BCUT2D eigenvalue weighted by molar-refractivity contribution is 5.78. The molecule has 2 aromatic heterocycles. The van der Waals surface area contributed by atoms with Crippen molar-refractivity contribution in [1.82, 2.24) is 19.4 Å². The smallest absolute Gasteiger partial charge is 0.416 e. The zero-order valence-corrected chi connectivity index (χ0v) is 20.8. The summed E-state index contributed by atoms with van der Waals surface area (Å²) in [6.45, 7) is 6.51. The van der Waals surface area contributed by atoms with Gasteiger partial charge in [0.2, 0.25) is 5.91 Å². The molecule has 4 heterocycles. The number of ether oxygens (including phenoxy) is 1. The molecule has 37 heavy (non-hydrogen) atoms. The van der Waals surface area contributed by atoms with Crippen LogP contribution in [0.5, 0.6) is 6.01 Å². The van der Waals surface area contributed by atoms with Crippen molar-refractivity contribution < 1.29 is 27.8 Å². The molecule has 2 aliphatic rings. The molecule has 1 aromatic carbocycles. The van der Waals surface area contributed by atoms with E-state index >= 15 is 0 Å². The van der Waals surface area contributed by atoms with Gasteiger partial charge < -0.3 is 14.7 Å². The molecule has 0 saturated carbocycles. The number of pyridine rings is 1. The van der Waals surface area contributed by atoms with E-state index in [2.05, 4.69) is 9.97 Å². The van der Waals surface area contributed by atoms with Crippen molar-refractivity contribution in [1.29, 1.82) is 0 Å². The maximum Gasteiger partial charge on any atom is 0.416 e. The molecule has 0 aliphatic carbocycles. The first kappa shape index (κ1) is 25.2. The molecule has 1 amide bonds. The van der Waals surface area contributed by atoms with Crippen LogP contribution in [0.1, 0.15) is 55.1 Å². The van der Waals surface area contributed by atoms with E-state index in [0.717, 1.165) is 6.07 Å². The number of amides is 1. The number of aromatic nitrogens is 3. The van der Waals surface area contributed by atoms with Gasteiger partial charge in [-0.15, -0.1) is 0 Å². The molecule has 1 fully saturated rings. The summed E-state index contributed by atoms with van der Waals surface area (Å²) < 4.78 is 48.0. The van der Waals surface area contributed by atoms with Crippen LogP contribution in [-0.4, -0.2) is 50.1 Å². The van der Waals surface area contributed by atoms with Crippen LogP contribution in [0, 0.1) is 6.92 Å². The molecule has 11 heteroatoms. The molecule has 1 saturated heterocycles. The third-order valence-corrected chi connectivity index (χ3v) is 7.35. The summed E-state index contributed by atoms with van der Waals surface area (Å²) in [5.41, 5.74) is 0.122. The number of hydrogen-bond acceptors (Lipinski definition) is 6. The predicted molar refractivity (Wildman–Crippen MR) is 129 cm³/mol. The van der Waals surface area contributed by atoms with E-state index in [-0.39, 0.29) is 11.5 Å². The molecule has 3 aromatic rings. The highest BCUT2D eigenvalue weighted by atomic mass is 19.4. The molecule has 8 nitrogen and oxygen atoms in total. The Morgan fingerprint density at radius 1 is 1.24 bits per heavy atom. The molecule has 0 radical (unpaired) electrons. The van der Waals surface area contributed by atoms with E-state index in [4.69, 9.17) is 9.73 Å². The van der Waals surface area contributed by atoms with Crippen LogP contribution in [-0.2, 0) is 23.1 Å². The van der Waals surface area contributed by atoms with Crippen LogP contribution in [0.4, 0.5) is 13.2 Å². The van der Waals surface area contributed by atoms with Gasteiger partial charge in [0.15, 0.2) is 5.49 Å². The molecule has 1 N–H and O–H groups in total. The van der Waals surface area contributed by atoms with Crippen molar-refractivity contribution in [3.8, 4) is 6.01 Å². The van der Waals surface area contributed by atoms with Crippen molar-refractivity contribution in [3.05, 3.63) is 58.3 Å². The minimum Gasteiger partial charge on any atom is -0.463 e. The summed E-state index contributed by atoms with van der Waals surface area (Å²) in [7, 11) is 0. The number of hydrogen-bond donors (Lipinski definition) is 1. The van der Waals surface area contributed by atoms with Crippen LogP contribution in [0.3, 0.4) is 0 Å². The fourth-order valence-corrected chi connectivity index (χ4v) is 5.18. The Morgan fingerprint density at radius 3 is 2.65 bits per heavy atom. The maximum absolute atomic E-state index is 13.5. The fraction of sp³-hybridized carbons (Fsp3) is 0.462. The zero-order chi connectivity index (χ0) is 26.5. The average Bonchev–Trinajstić information content (AvgIpc) is 3.32. The van der Waals surface area contributed by atoms with Gasteiger partial charge in [-0.2, -0.15) is 18.2 Å². The Balaban J connectivity index is 1.61. The third-order valence-electron chi connectivity index (χ3n) is 7.35. The van der Waals surface area contributed by atoms with Crippen molar-refractivity contribution in [3.63, 3.8) is 0 Å². The SMILES string of the molecule is CC(=O)N1CCC(O)(c2cc3/c(=N/C(C)c4cccc(C(F)(F)F)c4C)nc4n(c3cn2)CCO4)CC1. The number of rotatable bonds is 3. The molecule has 0 spiro atoms. The van der Waals surface area contributed by atoms with Gasteiger partial charge in [0.1, 0.15) is 12.2 Å². The molecular weight excluding hydrogens is 487 g/mol. The van der Waals surface area contributed by atoms with Crippen LogP contribution < -0.4 is 10.2 Å². The predicted octanol–water partition coefficient (Wildman–Crippen LogP) is 3.64. The normalized spacial score (nSPS) is 18.6. The summed E-state index contributed by atoms with van der Waals surface area (Å²) in [5.74, 6) is -0.0374. The molecule has 1 unspecified atom stereocenters. The highest BCUT2D eigenvalue weighted by Gasteiger charge is 2.37. The second-order valence-corrected chi connectivity index (χ2v) is 9.67. The summed E-state index contributed by atoms with van der Waals surface area (Å²) in [6.07, 6.45) is -2.13. The Bertz CT molecular complexity index is 1440. The number of halogens is 3. The van der Waals surface area contributed by atoms with Crippen LogP contribution >= 0.6 is 0 Å². The minimum absolute atomic E-state index is 0.0374. The molecular formula is C26H28F3N5O3. The number of likely N-dealkylation sites (tertiary alicyclic amines) is 1. The van der Waals surface area contributed by atoms with Crippen molar-refractivity contribution >= 4 is 16.8 Å². The molecule has 5 rings (SSSR count). The molecule has 196 valence electrons. The van der Waals surface area contributed by atoms with E-state index < -0.39 is 23.4 Å². The van der Waals surface area contributed by atoms with E-state index in [1.807, 2.05) is 4.57 Å². The number of carbonyl (C=O) groups excluding carboxylic acids is 1. The van der Waals surface area contributed by atoms with E-state index in [1.165, 1.54) is 19.9 Å². The van der Waals surface area contributed by atoms with Crippen LogP contribution in [0.15, 0.2) is 35.5 Å². The lowest BCUT2D eigenvalue weighted by Crippen LogP contribution is -2.44. The van der Waals surface area contributed by atoms with Gasteiger partial charge in [-0.05, 0) is 49.9 Å². The average molecular weight is 516 g/mol. The topological polar surface area (TPSA) is 92.8 Å². The summed E-state index contributed by atoms with van der Waals surface area (Å²) >= 11 is 0. The van der Waals surface area contributed by atoms with Gasteiger partial charge in [0.25, 0.3) is 6.01 Å². The highest BCUT2D eigenvalue weighted by Crippen LogP contribution is 2.36. The van der Waals surface area contributed by atoms with Gasteiger partial charge in [0, 0.05) is 25.4 Å². The Hall–Kier alpha value is -3.47. The zero-order valence-electron chi connectivity index (χ0n) is 20.8. The second kappa shape index (κ2) is 9.13. The van der Waals surface area contributed by atoms with Crippen LogP contribution in [0.25, 0.3) is 10.9 Å². The van der Waals surface area contributed by atoms with E-state index in [1.54, 1.807) is 30.2 Å². The molecule has 0 bridgehead atoms. The number of nitrogens with zero attached hydrogens (tertiary/aromatic N) is 5. The Labute approximate surface area is 211 Å². The van der Waals surface area contributed by atoms with Gasteiger partial charge in [0.05, 0.1) is 35.6 Å². The van der Waals surface area contributed by atoms with Gasteiger partial charge in [-0.3, -0.25) is 19.3 Å². The molecule has 1 atom stereocenters. The van der Waals surface area contributed by atoms with Crippen LogP contribution in [0.2, 0.25) is 0 Å². The van der Waals surface area contributed by atoms with E-state index in [9.17, 15) is 23.1 Å². The first-order valence-corrected chi connectivity index (χ1v) is 12.2.